The Hall–Kier alpha value is -1.76. The summed E-state index contributed by atoms with van der Waals surface area (Å²) < 4.78 is 0. The fourth-order valence-electron chi connectivity index (χ4n) is 2.55. The lowest BCUT2D eigenvalue weighted by molar-refractivity contribution is 0.445. The third-order valence-corrected chi connectivity index (χ3v) is 4.02. The molecule has 0 spiro atoms. The van der Waals surface area contributed by atoms with E-state index in [1.165, 1.54) is 11.1 Å². The summed E-state index contributed by atoms with van der Waals surface area (Å²) in [6, 6.07) is 16.5. The first-order chi connectivity index (χ1) is 9.23. The summed E-state index contributed by atoms with van der Waals surface area (Å²) in [5.41, 5.74) is 3.37. The molecule has 1 N–H and O–H groups in total. The molecule has 2 rings (SSSR count). The van der Waals surface area contributed by atoms with Crippen LogP contribution in [0.15, 0.2) is 48.5 Å². The number of hydrogen-bond acceptors (Lipinski definition) is 1. The van der Waals surface area contributed by atoms with Crippen molar-refractivity contribution in [2.45, 2.75) is 45.4 Å². The summed E-state index contributed by atoms with van der Waals surface area (Å²) in [5, 5.41) is 10.1. The van der Waals surface area contributed by atoms with Gasteiger partial charge >= 0.3 is 0 Å². The molecular formula is C19H24O. The van der Waals surface area contributed by atoms with Gasteiger partial charge in [-0.2, -0.15) is 0 Å². The molecule has 0 aliphatic carbocycles. The van der Waals surface area contributed by atoms with Crippen LogP contribution in [0.1, 0.15) is 51.3 Å². The maximum absolute atomic E-state index is 10.1. The van der Waals surface area contributed by atoms with Crippen LogP contribution < -0.4 is 0 Å². The van der Waals surface area contributed by atoms with Crippen LogP contribution in [0.3, 0.4) is 0 Å². The minimum absolute atomic E-state index is 0.0626. The van der Waals surface area contributed by atoms with Crippen molar-refractivity contribution in [1.82, 2.24) is 0 Å². The normalized spacial score (nSPS) is 12.4. The zero-order chi connectivity index (χ0) is 15.0. The summed E-state index contributed by atoms with van der Waals surface area (Å²) in [5.74, 6) is 0.380. The van der Waals surface area contributed by atoms with Gasteiger partial charge in [-0.3, -0.25) is 0 Å². The van der Waals surface area contributed by atoms with Crippen molar-refractivity contribution < 1.29 is 5.11 Å². The van der Waals surface area contributed by atoms with E-state index in [4.69, 9.17) is 0 Å². The second kappa shape index (κ2) is 4.97. The van der Waals surface area contributed by atoms with Crippen LogP contribution in [-0.2, 0) is 10.8 Å². The average molecular weight is 268 g/mol. The van der Waals surface area contributed by atoms with Crippen LogP contribution in [0.25, 0.3) is 0 Å². The smallest absolute Gasteiger partial charge is 0.119 e. The molecule has 0 radical (unpaired) electrons. The summed E-state index contributed by atoms with van der Waals surface area (Å²) in [6.07, 6.45) is 0. The van der Waals surface area contributed by atoms with Crippen LogP contribution in [0.5, 0.6) is 5.75 Å². The van der Waals surface area contributed by atoms with E-state index in [0.717, 1.165) is 5.56 Å². The number of phenols is 1. The third-order valence-electron chi connectivity index (χ3n) is 4.02. The molecular weight excluding hydrogens is 244 g/mol. The van der Waals surface area contributed by atoms with Gasteiger partial charge in [0.2, 0.25) is 0 Å². The van der Waals surface area contributed by atoms with E-state index < -0.39 is 0 Å². The lowest BCUT2D eigenvalue weighted by Crippen LogP contribution is -2.20. The molecule has 0 amide bonds. The molecule has 0 heterocycles. The van der Waals surface area contributed by atoms with Gasteiger partial charge in [-0.15, -0.1) is 0 Å². The van der Waals surface area contributed by atoms with Crippen LogP contribution in [-0.4, -0.2) is 5.11 Å². The fraction of sp³-hybridized carbons (Fsp3) is 0.368. The second-order valence-electron chi connectivity index (χ2n) is 6.97. The van der Waals surface area contributed by atoms with Gasteiger partial charge in [0.15, 0.2) is 0 Å². The lowest BCUT2D eigenvalue weighted by atomic mass is 9.75. The second-order valence-corrected chi connectivity index (χ2v) is 6.97. The molecule has 0 aliphatic heterocycles. The zero-order valence-corrected chi connectivity index (χ0v) is 13.1. The highest BCUT2D eigenvalue weighted by Crippen LogP contribution is 2.37. The summed E-state index contributed by atoms with van der Waals surface area (Å²) >= 11 is 0. The SMILES string of the molecule is CC(C)(C)c1cc(C(C)(C)c2ccccc2)ccc1O. The van der Waals surface area contributed by atoms with Gasteiger partial charge < -0.3 is 5.11 Å². The van der Waals surface area contributed by atoms with Gasteiger partial charge in [0.1, 0.15) is 5.75 Å². The van der Waals surface area contributed by atoms with E-state index in [2.05, 4.69) is 65.0 Å². The molecule has 0 atom stereocenters. The molecule has 2 aromatic carbocycles. The highest BCUT2D eigenvalue weighted by Gasteiger charge is 2.26. The Labute approximate surface area is 122 Å². The Morgan fingerprint density at radius 3 is 1.90 bits per heavy atom. The molecule has 2 aromatic rings. The Balaban J connectivity index is 2.54. The van der Waals surface area contributed by atoms with E-state index >= 15 is 0 Å². The van der Waals surface area contributed by atoms with Gasteiger partial charge in [0.05, 0.1) is 0 Å². The first-order valence-electron chi connectivity index (χ1n) is 7.12. The lowest BCUT2D eigenvalue weighted by Gasteiger charge is -2.29. The van der Waals surface area contributed by atoms with Crippen molar-refractivity contribution in [3.63, 3.8) is 0 Å². The van der Waals surface area contributed by atoms with E-state index in [9.17, 15) is 5.11 Å². The van der Waals surface area contributed by atoms with Crippen molar-refractivity contribution in [3.8, 4) is 5.75 Å². The number of benzene rings is 2. The topological polar surface area (TPSA) is 20.2 Å². The van der Waals surface area contributed by atoms with Gasteiger partial charge in [-0.25, -0.2) is 0 Å². The molecule has 0 saturated carbocycles. The van der Waals surface area contributed by atoms with Crippen LogP contribution in [0, 0.1) is 0 Å². The van der Waals surface area contributed by atoms with Crippen molar-refractivity contribution >= 4 is 0 Å². The summed E-state index contributed by atoms with van der Waals surface area (Å²) in [7, 11) is 0. The Morgan fingerprint density at radius 2 is 1.35 bits per heavy atom. The Bertz CT molecular complexity index is 589. The van der Waals surface area contributed by atoms with Gasteiger partial charge in [-0.1, -0.05) is 77.1 Å². The predicted octanol–water partition coefficient (Wildman–Crippen LogP) is 5.02. The zero-order valence-electron chi connectivity index (χ0n) is 13.1. The van der Waals surface area contributed by atoms with Crippen LogP contribution >= 0.6 is 0 Å². The number of hydrogen-bond donors (Lipinski definition) is 1. The molecule has 0 aliphatic rings. The van der Waals surface area contributed by atoms with Gasteiger partial charge in [0, 0.05) is 5.41 Å². The molecule has 0 unspecified atom stereocenters. The molecule has 0 saturated heterocycles. The van der Waals surface area contributed by atoms with Crippen LogP contribution in [0.4, 0.5) is 0 Å². The van der Waals surface area contributed by atoms with Crippen molar-refractivity contribution in [2.24, 2.45) is 0 Å². The van der Waals surface area contributed by atoms with Crippen LogP contribution in [0.2, 0.25) is 0 Å². The standard InChI is InChI=1S/C19H24O/c1-18(2,3)16-13-15(11-12-17(16)20)19(4,5)14-9-7-6-8-10-14/h6-13,20H,1-5H3. The molecule has 0 aromatic heterocycles. The maximum Gasteiger partial charge on any atom is 0.119 e. The monoisotopic (exact) mass is 268 g/mol. The van der Waals surface area contributed by atoms with E-state index in [-0.39, 0.29) is 10.8 Å². The fourth-order valence-corrected chi connectivity index (χ4v) is 2.55. The summed E-state index contributed by atoms with van der Waals surface area (Å²) in [4.78, 5) is 0. The first-order valence-corrected chi connectivity index (χ1v) is 7.12. The number of rotatable bonds is 2. The van der Waals surface area contributed by atoms with Crippen molar-refractivity contribution in [1.29, 1.82) is 0 Å². The Kier molecular flexibility index (Phi) is 3.64. The Morgan fingerprint density at radius 1 is 0.750 bits per heavy atom. The van der Waals surface area contributed by atoms with Crippen molar-refractivity contribution in [3.05, 3.63) is 65.2 Å². The van der Waals surface area contributed by atoms with E-state index in [0.29, 0.717) is 5.75 Å². The van der Waals surface area contributed by atoms with E-state index in [1.807, 2.05) is 18.2 Å². The third kappa shape index (κ3) is 2.72. The van der Waals surface area contributed by atoms with Gasteiger partial charge in [-0.05, 0) is 28.2 Å². The first kappa shape index (κ1) is 14.6. The molecule has 106 valence electrons. The number of aromatic hydroxyl groups is 1. The largest absolute Gasteiger partial charge is 0.508 e. The van der Waals surface area contributed by atoms with Crippen molar-refractivity contribution in [2.75, 3.05) is 0 Å². The predicted molar refractivity (Wildman–Crippen MR) is 85.4 cm³/mol. The molecule has 0 fully saturated rings. The number of phenolic OH excluding ortho intramolecular Hbond substituents is 1. The molecule has 20 heavy (non-hydrogen) atoms. The molecule has 0 bridgehead atoms. The average Bonchev–Trinajstić information content (AvgIpc) is 2.38. The molecule has 1 heteroatoms. The minimum atomic E-state index is -0.0744. The highest BCUT2D eigenvalue weighted by molar-refractivity contribution is 5.46. The minimum Gasteiger partial charge on any atom is -0.508 e. The quantitative estimate of drug-likeness (QED) is 0.811. The maximum atomic E-state index is 10.1. The highest BCUT2D eigenvalue weighted by atomic mass is 16.3. The van der Waals surface area contributed by atoms with E-state index in [1.54, 1.807) is 0 Å². The van der Waals surface area contributed by atoms with Gasteiger partial charge in [0.25, 0.3) is 0 Å². The summed E-state index contributed by atoms with van der Waals surface area (Å²) in [6.45, 7) is 10.8. The molecule has 1 nitrogen and oxygen atoms in total.